The first-order valence-electron chi connectivity index (χ1n) is 2.84. The summed E-state index contributed by atoms with van der Waals surface area (Å²) in [5.74, 6) is 0. The van der Waals surface area contributed by atoms with E-state index in [0.29, 0.717) is 5.38 Å². The van der Waals surface area contributed by atoms with Gasteiger partial charge in [0.15, 0.2) is 0 Å². The molecule has 8 heavy (non-hydrogen) atoms. The molecule has 1 nitrogen and oxygen atoms in total. The summed E-state index contributed by atoms with van der Waals surface area (Å²) in [5, 5.41) is 9.71. The van der Waals surface area contributed by atoms with Crippen molar-refractivity contribution in [3.63, 3.8) is 0 Å². The third-order valence-corrected chi connectivity index (χ3v) is 2.87. The van der Waals surface area contributed by atoms with Crippen LogP contribution in [-0.2, 0) is 0 Å². The van der Waals surface area contributed by atoms with Crippen molar-refractivity contribution < 1.29 is 5.11 Å². The topological polar surface area (TPSA) is 20.2 Å². The SMILES string of the molecule is C/C=C(/O)[Si](C)(C)C. The van der Waals surface area contributed by atoms with E-state index in [-0.39, 0.29) is 0 Å². The van der Waals surface area contributed by atoms with Crippen molar-refractivity contribution in [1.29, 1.82) is 0 Å². The van der Waals surface area contributed by atoms with E-state index >= 15 is 0 Å². The van der Waals surface area contributed by atoms with Gasteiger partial charge in [-0.25, -0.2) is 0 Å². The van der Waals surface area contributed by atoms with E-state index in [1.807, 2.05) is 6.92 Å². The Morgan fingerprint density at radius 2 is 1.75 bits per heavy atom. The van der Waals surface area contributed by atoms with Gasteiger partial charge in [-0.2, -0.15) is 0 Å². The van der Waals surface area contributed by atoms with Gasteiger partial charge in [0.1, 0.15) is 8.07 Å². The Morgan fingerprint density at radius 3 is 1.75 bits per heavy atom. The predicted molar refractivity (Wildman–Crippen MR) is 39.7 cm³/mol. The maximum absolute atomic E-state index is 9.12. The third kappa shape index (κ3) is 2.16. The summed E-state index contributed by atoms with van der Waals surface area (Å²) < 4.78 is 0. The molecule has 0 saturated heterocycles. The minimum atomic E-state index is -1.34. The van der Waals surface area contributed by atoms with Crippen LogP contribution in [0.4, 0.5) is 0 Å². The van der Waals surface area contributed by atoms with Crippen LogP contribution in [0.15, 0.2) is 11.5 Å². The molecule has 48 valence electrons. The molecule has 0 aromatic rings. The van der Waals surface area contributed by atoms with Gasteiger partial charge in [-0.3, -0.25) is 0 Å². The van der Waals surface area contributed by atoms with E-state index in [1.54, 1.807) is 6.08 Å². The largest absolute Gasteiger partial charge is 0.518 e. The standard InChI is InChI=1S/C6H14OSi/c1-5-6(7)8(2,3)4/h5,7H,1-4H3/b6-5-. The highest BCUT2D eigenvalue weighted by Gasteiger charge is 2.17. The first-order chi connectivity index (χ1) is 3.48. The summed E-state index contributed by atoms with van der Waals surface area (Å²) in [4.78, 5) is 0. The summed E-state index contributed by atoms with van der Waals surface area (Å²) in [7, 11) is -1.34. The lowest BCUT2D eigenvalue weighted by atomic mass is 10.7. The third-order valence-electron chi connectivity index (χ3n) is 1.04. The molecule has 0 aliphatic carbocycles. The normalized spacial score (nSPS) is 14.2. The van der Waals surface area contributed by atoms with Gasteiger partial charge in [-0.15, -0.1) is 0 Å². The van der Waals surface area contributed by atoms with Crippen LogP contribution in [0.3, 0.4) is 0 Å². The molecule has 0 atom stereocenters. The van der Waals surface area contributed by atoms with E-state index in [9.17, 15) is 0 Å². The van der Waals surface area contributed by atoms with Gasteiger partial charge in [0.25, 0.3) is 0 Å². The van der Waals surface area contributed by atoms with Gasteiger partial charge in [0.05, 0.1) is 5.38 Å². The van der Waals surface area contributed by atoms with Crippen molar-refractivity contribution >= 4 is 8.07 Å². The Labute approximate surface area is 52.0 Å². The summed E-state index contributed by atoms with van der Waals surface area (Å²) in [6, 6.07) is 0. The number of aliphatic hydroxyl groups excluding tert-OH is 1. The maximum atomic E-state index is 9.12. The molecular weight excluding hydrogens is 116 g/mol. The maximum Gasteiger partial charge on any atom is 0.121 e. The molecule has 0 rings (SSSR count). The Kier molecular flexibility index (Phi) is 2.28. The molecule has 0 heterocycles. The molecule has 0 aromatic heterocycles. The van der Waals surface area contributed by atoms with Crippen LogP contribution in [0.2, 0.25) is 19.6 Å². The van der Waals surface area contributed by atoms with Gasteiger partial charge >= 0.3 is 0 Å². The quantitative estimate of drug-likeness (QED) is 0.426. The zero-order chi connectivity index (χ0) is 6.78. The molecule has 0 fully saturated rings. The Bertz CT molecular complexity index is 99.6. The predicted octanol–water partition coefficient (Wildman–Crippen LogP) is 2.33. The van der Waals surface area contributed by atoms with Crippen molar-refractivity contribution in [3.05, 3.63) is 11.5 Å². The van der Waals surface area contributed by atoms with E-state index < -0.39 is 8.07 Å². The monoisotopic (exact) mass is 130 g/mol. The summed E-state index contributed by atoms with van der Waals surface area (Å²) in [6.45, 7) is 8.21. The van der Waals surface area contributed by atoms with Crippen LogP contribution < -0.4 is 0 Å². The molecule has 0 spiro atoms. The van der Waals surface area contributed by atoms with Crippen molar-refractivity contribution in [2.45, 2.75) is 26.6 Å². The number of rotatable bonds is 1. The second-order valence-electron chi connectivity index (χ2n) is 2.92. The van der Waals surface area contributed by atoms with Crippen LogP contribution in [0.5, 0.6) is 0 Å². The van der Waals surface area contributed by atoms with E-state index in [2.05, 4.69) is 19.6 Å². The number of allylic oxidation sites excluding steroid dienone is 1. The molecule has 0 aliphatic heterocycles. The van der Waals surface area contributed by atoms with E-state index in [0.717, 1.165) is 0 Å². The molecule has 0 radical (unpaired) electrons. The second-order valence-corrected chi connectivity index (χ2v) is 7.94. The molecule has 2 heteroatoms. The number of hydrogen-bond acceptors (Lipinski definition) is 1. The van der Waals surface area contributed by atoms with Crippen molar-refractivity contribution in [1.82, 2.24) is 0 Å². The zero-order valence-electron chi connectivity index (χ0n) is 6.02. The molecule has 0 aliphatic rings. The lowest BCUT2D eigenvalue weighted by molar-refractivity contribution is 0.443. The van der Waals surface area contributed by atoms with Crippen molar-refractivity contribution in [3.8, 4) is 0 Å². The summed E-state index contributed by atoms with van der Waals surface area (Å²) >= 11 is 0. The fourth-order valence-corrected chi connectivity index (χ4v) is 1.30. The molecule has 0 saturated carbocycles. The highest BCUT2D eigenvalue weighted by Crippen LogP contribution is 2.09. The van der Waals surface area contributed by atoms with Gasteiger partial charge < -0.3 is 5.11 Å². The highest BCUT2D eigenvalue weighted by molar-refractivity contribution is 6.82. The molecule has 0 aromatic carbocycles. The minimum absolute atomic E-state index is 0.595. The lowest BCUT2D eigenvalue weighted by Crippen LogP contribution is -2.23. The van der Waals surface area contributed by atoms with Gasteiger partial charge in [0.2, 0.25) is 0 Å². The van der Waals surface area contributed by atoms with Gasteiger partial charge in [0, 0.05) is 0 Å². The first kappa shape index (κ1) is 7.76. The number of hydrogen-bond donors (Lipinski definition) is 1. The first-order valence-corrected chi connectivity index (χ1v) is 6.34. The molecule has 1 N–H and O–H groups in total. The Balaban J connectivity index is 4.03. The fraction of sp³-hybridized carbons (Fsp3) is 0.667. The lowest BCUT2D eigenvalue weighted by Gasteiger charge is -2.13. The summed E-state index contributed by atoms with van der Waals surface area (Å²) in [6.07, 6.45) is 1.78. The second kappa shape index (κ2) is 2.35. The van der Waals surface area contributed by atoms with Crippen LogP contribution in [0.25, 0.3) is 0 Å². The van der Waals surface area contributed by atoms with Gasteiger partial charge in [-0.1, -0.05) is 25.7 Å². The van der Waals surface area contributed by atoms with Crippen LogP contribution in [-0.4, -0.2) is 13.2 Å². The van der Waals surface area contributed by atoms with Crippen LogP contribution in [0.1, 0.15) is 6.92 Å². The van der Waals surface area contributed by atoms with E-state index in [1.165, 1.54) is 0 Å². The van der Waals surface area contributed by atoms with E-state index in [4.69, 9.17) is 5.11 Å². The van der Waals surface area contributed by atoms with Crippen molar-refractivity contribution in [2.75, 3.05) is 0 Å². The van der Waals surface area contributed by atoms with Crippen molar-refractivity contribution in [2.24, 2.45) is 0 Å². The highest BCUT2D eigenvalue weighted by atomic mass is 28.3. The fourth-order valence-electron chi connectivity index (χ4n) is 0.433. The Hall–Kier alpha value is -0.243. The molecular formula is C6H14OSi. The smallest absolute Gasteiger partial charge is 0.121 e. The van der Waals surface area contributed by atoms with Crippen LogP contribution in [0, 0.1) is 0 Å². The average Bonchev–Trinajstić information content (AvgIpc) is 1.62. The number of aliphatic hydroxyl groups is 1. The van der Waals surface area contributed by atoms with Gasteiger partial charge in [-0.05, 0) is 6.92 Å². The van der Waals surface area contributed by atoms with Crippen LogP contribution >= 0.6 is 0 Å². The molecule has 0 unspecified atom stereocenters. The summed E-state index contributed by atoms with van der Waals surface area (Å²) in [5.41, 5.74) is 0. The zero-order valence-corrected chi connectivity index (χ0v) is 7.02. The Morgan fingerprint density at radius 1 is 1.38 bits per heavy atom. The molecule has 0 bridgehead atoms. The molecule has 0 amide bonds. The minimum Gasteiger partial charge on any atom is -0.518 e. The average molecular weight is 130 g/mol.